The smallest absolute Gasteiger partial charge is 0.140 e. The summed E-state index contributed by atoms with van der Waals surface area (Å²) in [6.45, 7) is 0. The lowest BCUT2D eigenvalue weighted by atomic mass is 10.1. The van der Waals surface area contributed by atoms with Crippen LogP contribution in [0.2, 0.25) is 0 Å². The second-order valence-corrected chi connectivity index (χ2v) is 3.74. The molecule has 0 fully saturated rings. The Bertz CT molecular complexity index is 626. The molecule has 0 saturated heterocycles. The van der Waals surface area contributed by atoms with E-state index in [1.54, 1.807) is 0 Å². The van der Waals surface area contributed by atoms with Crippen molar-refractivity contribution in [2.75, 3.05) is 0 Å². The molecule has 78 valence electrons. The molecule has 0 aliphatic carbocycles. The molecule has 3 heteroatoms. The Morgan fingerprint density at radius 1 is 1.00 bits per heavy atom. The Morgan fingerprint density at radius 3 is 2.69 bits per heavy atom. The number of aryl methyl sites for hydroxylation is 1. The van der Waals surface area contributed by atoms with Crippen molar-refractivity contribution in [1.29, 1.82) is 0 Å². The maximum atomic E-state index is 4.37. The minimum Gasteiger partial charge on any atom is -0.335 e. The molecular weight excluding hydrogens is 198 g/mol. The van der Waals surface area contributed by atoms with Gasteiger partial charge in [0.1, 0.15) is 5.65 Å². The third-order valence-corrected chi connectivity index (χ3v) is 2.67. The molecule has 0 radical (unpaired) electrons. The topological polar surface area (TPSA) is 30.7 Å². The molecule has 16 heavy (non-hydrogen) atoms. The van der Waals surface area contributed by atoms with Gasteiger partial charge in [0, 0.05) is 36.6 Å². The van der Waals surface area contributed by atoms with E-state index in [0.29, 0.717) is 0 Å². The molecule has 3 aromatic rings. The van der Waals surface area contributed by atoms with E-state index in [0.717, 1.165) is 22.3 Å². The number of aromatic nitrogens is 3. The molecule has 3 nitrogen and oxygen atoms in total. The van der Waals surface area contributed by atoms with E-state index in [9.17, 15) is 0 Å². The first-order chi connectivity index (χ1) is 7.86. The van der Waals surface area contributed by atoms with Gasteiger partial charge in [-0.15, -0.1) is 0 Å². The van der Waals surface area contributed by atoms with Gasteiger partial charge >= 0.3 is 0 Å². The maximum absolute atomic E-state index is 4.37. The zero-order valence-electron chi connectivity index (χ0n) is 8.96. The van der Waals surface area contributed by atoms with E-state index >= 15 is 0 Å². The highest BCUT2D eigenvalue weighted by Crippen LogP contribution is 2.26. The van der Waals surface area contributed by atoms with E-state index in [-0.39, 0.29) is 0 Å². The molecular formula is C13H11N3. The second kappa shape index (κ2) is 3.45. The first kappa shape index (κ1) is 9.09. The van der Waals surface area contributed by atoms with Gasteiger partial charge in [-0.1, -0.05) is 6.07 Å². The second-order valence-electron chi connectivity index (χ2n) is 3.74. The zero-order valence-corrected chi connectivity index (χ0v) is 8.96. The van der Waals surface area contributed by atoms with E-state index in [1.807, 2.05) is 48.3 Å². The van der Waals surface area contributed by atoms with Crippen molar-refractivity contribution in [1.82, 2.24) is 14.5 Å². The average molecular weight is 209 g/mol. The molecule has 0 bridgehead atoms. The summed E-state index contributed by atoms with van der Waals surface area (Å²) in [4.78, 5) is 8.73. The van der Waals surface area contributed by atoms with Gasteiger partial charge in [0.05, 0.1) is 5.69 Å². The van der Waals surface area contributed by atoms with Gasteiger partial charge in [-0.05, 0) is 24.3 Å². The SMILES string of the molecule is Cn1cc(-c2ccccn2)c2cccnc21. The van der Waals surface area contributed by atoms with Crippen LogP contribution in [-0.4, -0.2) is 14.5 Å². The van der Waals surface area contributed by atoms with Gasteiger partial charge in [-0.2, -0.15) is 0 Å². The van der Waals surface area contributed by atoms with Crippen molar-refractivity contribution in [2.24, 2.45) is 7.05 Å². The van der Waals surface area contributed by atoms with Gasteiger partial charge in [0.25, 0.3) is 0 Å². The molecule has 0 amide bonds. The van der Waals surface area contributed by atoms with Crippen molar-refractivity contribution < 1.29 is 0 Å². The predicted octanol–water partition coefficient (Wildman–Crippen LogP) is 2.64. The summed E-state index contributed by atoms with van der Waals surface area (Å²) < 4.78 is 2.03. The Labute approximate surface area is 93.4 Å². The van der Waals surface area contributed by atoms with E-state index in [1.165, 1.54) is 0 Å². The highest BCUT2D eigenvalue weighted by atomic mass is 15.0. The normalized spacial score (nSPS) is 10.8. The number of hydrogen-bond acceptors (Lipinski definition) is 2. The molecule has 3 heterocycles. The molecule has 0 spiro atoms. The fourth-order valence-corrected chi connectivity index (χ4v) is 1.94. The van der Waals surface area contributed by atoms with Crippen molar-refractivity contribution in [3.8, 4) is 11.3 Å². The van der Waals surface area contributed by atoms with E-state index < -0.39 is 0 Å². The van der Waals surface area contributed by atoms with Crippen molar-refractivity contribution in [3.63, 3.8) is 0 Å². The fraction of sp³-hybridized carbons (Fsp3) is 0.0769. The van der Waals surface area contributed by atoms with E-state index in [2.05, 4.69) is 22.2 Å². The van der Waals surface area contributed by atoms with Crippen LogP contribution in [0.1, 0.15) is 0 Å². The van der Waals surface area contributed by atoms with Gasteiger partial charge in [-0.25, -0.2) is 4.98 Å². The first-order valence-electron chi connectivity index (χ1n) is 5.18. The largest absolute Gasteiger partial charge is 0.335 e. The number of rotatable bonds is 1. The maximum Gasteiger partial charge on any atom is 0.140 e. The summed E-state index contributed by atoms with van der Waals surface area (Å²) in [5, 5.41) is 1.14. The molecule has 3 aromatic heterocycles. The van der Waals surface area contributed by atoms with Crippen LogP contribution in [0.3, 0.4) is 0 Å². The van der Waals surface area contributed by atoms with Gasteiger partial charge < -0.3 is 4.57 Å². The summed E-state index contributed by atoms with van der Waals surface area (Å²) in [5.41, 5.74) is 3.11. The van der Waals surface area contributed by atoms with Crippen LogP contribution in [0.25, 0.3) is 22.3 Å². The molecule has 0 aromatic carbocycles. The third-order valence-electron chi connectivity index (χ3n) is 2.67. The van der Waals surface area contributed by atoms with Crippen LogP contribution in [-0.2, 0) is 7.05 Å². The minimum absolute atomic E-state index is 0.987. The Morgan fingerprint density at radius 2 is 1.88 bits per heavy atom. The molecule has 0 saturated carbocycles. The number of nitrogens with zero attached hydrogens (tertiary/aromatic N) is 3. The summed E-state index contributed by atoms with van der Waals surface area (Å²) in [6.07, 6.45) is 5.69. The highest BCUT2D eigenvalue weighted by molar-refractivity contribution is 5.92. The first-order valence-corrected chi connectivity index (χ1v) is 5.18. The fourth-order valence-electron chi connectivity index (χ4n) is 1.94. The average Bonchev–Trinajstić information content (AvgIpc) is 2.69. The molecule has 3 rings (SSSR count). The Balaban J connectivity index is 2.33. The van der Waals surface area contributed by atoms with Gasteiger partial charge in [0.2, 0.25) is 0 Å². The van der Waals surface area contributed by atoms with Crippen molar-refractivity contribution in [3.05, 3.63) is 48.9 Å². The minimum atomic E-state index is 0.987. The predicted molar refractivity (Wildman–Crippen MR) is 63.9 cm³/mol. The number of fused-ring (bicyclic) bond motifs is 1. The molecule has 0 atom stereocenters. The molecule has 0 unspecified atom stereocenters. The van der Waals surface area contributed by atoms with E-state index in [4.69, 9.17) is 0 Å². The lowest BCUT2D eigenvalue weighted by Crippen LogP contribution is -1.85. The summed E-state index contributed by atoms with van der Waals surface area (Å²) in [7, 11) is 2.00. The quantitative estimate of drug-likeness (QED) is 0.616. The van der Waals surface area contributed by atoms with Crippen molar-refractivity contribution >= 4 is 11.0 Å². The van der Waals surface area contributed by atoms with Gasteiger partial charge in [-0.3, -0.25) is 4.98 Å². The summed E-state index contributed by atoms with van der Waals surface area (Å²) in [6, 6.07) is 9.97. The van der Waals surface area contributed by atoms with Crippen LogP contribution in [0.4, 0.5) is 0 Å². The summed E-state index contributed by atoms with van der Waals surface area (Å²) >= 11 is 0. The van der Waals surface area contributed by atoms with Crippen LogP contribution in [0.15, 0.2) is 48.9 Å². The zero-order chi connectivity index (χ0) is 11.0. The molecule has 0 aliphatic heterocycles. The van der Waals surface area contributed by atoms with Crippen molar-refractivity contribution in [2.45, 2.75) is 0 Å². The Hall–Kier alpha value is -2.16. The monoisotopic (exact) mass is 209 g/mol. The highest BCUT2D eigenvalue weighted by Gasteiger charge is 2.08. The lowest BCUT2D eigenvalue weighted by molar-refractivity contribution is 0.949. The van der Waals surface area contributed by atoms with Gasteiger partial charge in [0.15, 0.2) is 0 Å². The number of pyridine rings is 2. The molecule has 0 aliphatic rings. The number of hydrogen-bond donors (Lipinski definition) is 0. The van der Waals surface area contributed by atoms with Crippen LogP contribution >= 0.6 is 0 Å². The van der Waals surface area contributed by atoms with Crippen LogP contribution < -0.4 is 0 Å². The molecule has 0 N–H and O–H groups in total. The van der Waals surface area contributed by atoms with Crippen LogP contribution in [0.5, 0.6) is 0 Å². The standard InChI is InChI=1S/C13H11N3/c1-16-9-11(12-6-2-3-7-14-12)10-5-4-8-15-13(10)16/h2-9H,1H3. The third kappa shape index (κ3) is 1.29. The Kier molecular flexibility index (Phi) is 1.96. The summed E-state index contributed by atoms with van der Waals surface area (Å²) in [5.74, 6) is 0. The lowest BCUT2D eigenvalue weighted by Gasteiger charge is -1.96. The van der Waals surface area contributed by atoms with Crippen LogP contribution in [0, 0.1) is 0 Å².